The molecule has 1 N–H and O–H groups in total. The van der Waals surface area contributed by atoms with Crippen molar-refractivity contribution in [3.05, 3.63) is 104 Å². The van der Waals surface area contributed by atoms with Gasteiger partial charge in [0.1, 0.15) is 11.1 Å². The van der Waals surface area contributed by atoms with E-state index in [1.165, 1.54) is 15.0 Å². The van der Waals surface area contributed by atoms with Crippen molar-refractivity contribution in [1.29, 1.82) is 0 Å². The second-order valence-electron chi connectivity index (χ2n) is 10.5. The highest BCUT2D eigenvalue weighted by Crippen LogP contribution is 2.35. The molecule has 0 saturated heterocycles. The number of carbonyl (C=O) groups excluding carboxylic acids is 2. The molecule has 1 aliphatic heterocycles. The van der Waals surface area contributed by atoms with E-state index < -0.39 is 17.4 Å². The van der Waals surface area contributed by atoms with Gasteiger partial charge < -0.3 is 5.32 Å². The van der Waals surface area contributed by atoms with Crippen LogP contribution in [0.1, 0.15) is 31.9 Å². The number of thiazole rings is 1. The van der Waals surface area contributed by atoms with Crippen LogP contribution >= 0.6 is 22.9 Å². The Labute approximate surface area is 238 Å². The fourth-order valence-corrected chi connectivity index (χ4v) is 5.88. The number of carbonyl (C=O) groups is 2. The van der Waals surface area contributed by atoms with Crippen molar-refractivity contribution >= 4 is 56.7 Å². The number of halogens is 1. The van der Waals surface area contributed by atoms with Crippen LogP contribution in [-0.4, -0.2) is 33.0 Å². The van der Waals surface area contributed by atoms with Gasteiger partial charge in [-0.2, -0.15) is 9.50 Å². The van der Waals surface area contributed by atoms with Crippen molar-refractivity contribution in [3.63, 3.8) is 0 Å². The molecule has 0 unspecified atom stereocenters. The fraction of sp³-hybridized carbons (Fsp3) is 0.167. The maximum Gasteiger partial charge on any atom is 0.291 e. The smallest absolute Gasteiger partial charge is 0.291 e. The van der Waals surface area contributed by atoms with Gasteiger partial charge in [0.2, 0.25) is 10.9 Å². The van der Waals surface area contributed by atoms with Gasteiger partial charge in [-0.15, -0.1) is 5.10 Å². The molecule has 6 rings (SSSR count). The van der Waals surface area contributed by atoms with Gasteiger partial charge in [0.15, 0.2) is 5.82 Å². The molecule has 0 fully saturated rings. The molecule has 0 aliphatic carbocycles. The SMILES string of the molecule is CC(C)(C)c1ccc(-c2nc3s/c(=C4\C(=O)N(CC(=O)Nc5cccc(Cl)c5)c5ccccc54)c(=O)n3n2)cc1. The molecule has 0 bridgehead atoms. The molecule has 0 saturated carbocycles. The molecule has 2 amide bonds. The summed E-state index contributed by atoms with van der Waals surface area (Å²) in [7, 11) is 0. The highest BCUT2D eigenvalue weighted by molar-refractivity contribution is 7.15. The quantitative estimate of drug-likeness (QED) is 0.339. The zero-order chi connectivity index (χ0) is 28.2. The molecule has 0 spiro atoms. The minimum atomic E-state index is -0.429. The zero-order valence-electron chi connectivity index (χ0n) is 21.9. The normalized spacial score (nSPS) is 14.6. The molecule has 5 aromatic rings. The van der Waals surface area contributed by atoms with Crippen LogP contribution in [0, 0.1) is 0 Å². The summed E-state index contributed by atoms with van der Waals surface area (Å²) >= 11 is 7.14. The van der Waals surface area contributed by atoms with Crippen LogP contribution < -0.4 is 20.3 Å². The molecular formula is C30H24ClN5O3S. The van der Waals surface area contributed by atoms with Crippen LogP contribution in [0.3, 0.4) is 0 Å². The van der Waals surface area contributed by atoms with Gasteiger partial charge in [0.25, 0.3) is 11.5 Å². The summed E-state index contributed by atoms with van der Waals surface area (Å²) in [5.41, 5.74) is 3.49. The summed E-state index contributed by atoms with van der Waals surface area (Å²) < 4.78 is 1.48. The molecule has 40 heavy (non-hydrogen) atoms. The Balaban J connectivity index is 1.36. The molecule has 0 radical (unpaired) electrons. The zero-order valence-corrected chi connectivity index (χ0v) is 23.5. The van der Waals surface area contributed by atoms with Crippen LogP contribution in [0.5, 0.6) is 0 Å². The lowest BCUT2D eigenvalue weighted by molar-refractivity contribution is -0.118. The van der Waals surface area contributed by atoms with Crippen LogP contribution in [0.25, 0.3) is 21.9 Å². The van der Waals surface area contributed by atoms with Gasteiger partial charge in [-0.05, 0) is 35.2 Å². The second-order valence-corrected chi connectivity index (χ2v) is 11.9. The number of nitrogens with zero attached hydrogens (tertiary/aromatic N) is 4. The maximum absolute atomic E-state index is 13.7. The average molecular weight is 570 g/mol. The van der Waals surface area contributed by atoms with E-state index in [1.807, 2.05) is 24.3 Å². The molecule has 3 heterocycles. The van der Waals surface area contributed by atoms with E-state index in [0.717, 1.165) is 16.9 Å². The van der Waals surface area contributed by atoms with Crippen LogP contribution in [-0.2, 0) is 15.0 Å². The van der Waals surface area contributed by atoms with Gasteiger partial charge in [-0.25, -0.2) is 0 Å². The predicted molar refractivity (Wildman–Crippen MR) is 158 cm³/mol. The fourth-order valence-electron chi connectivity index (χ4n) is 4.69. The highest BCUT2D eigenvalue weighted by atomic mass is 35.5. The van der Waals surface area contributed by atoms with Crippen molar-refractivity contribution in [2.45, 2.75) is 26.2 Å². The van der Waals surface area contributed by atoms with E-state index in [2.05, 4.69) is 36.2 Å². The number of hydrogen-bond donors (Lipinski definition) is 1. The van der Waals surface area contributed by atoms with Crippen LogP contribution in [0.15, 0.2) is 77.6 Å². The first kappa shape index (κ1) is 25.9. The van der Waals surface area contributed by atoms with Crippen LogP contribution in [0.2, 0.25) is 5.02 Å². The van der Waals surface area contributed by atoms with Crippen molar-refractivity contribution in [2.24, 2.45) is 0 Å². The number of aromatic nitrogens is 3. The molecular weight excluding hydrogens is 546 g/mol. The van der Waals surface area contributed by atoms with E-state index >= 15 is 0 Å². The van der Waals surface area contributed by atoms with Crippen LogP contribution in [0.4, 0.5) is 11.4 Å². The van der Waals surface area contributed by atoms with E-state index in [9.17, 15) is 14.4 Å². The van der Waals surface area contributed by atoms with Gasteiger partial charge in [-0.1, -0.05) is 92.2 Å². The Morgan fingerprint density at radius 3 is 2.45 bits per heavy atom. The van der Waals surface area contributed by atoms with Gasteiger partial charge in [0.05, 0.1) is 11.3 Å². The van der Waals surface area contributed by atoms with Gasteiger partial charge >= 0.3 is 0 Å². The number of fused-ring (bicyclic) bond motifs is 2. The molecule has 8 nitrogen and oxygen atoms in total. The number of para-hydroxylation sites is 1. The Morgan fingerprint density at radius 1 is 1.00 bits per heavy atom. The summed E-state index contributed by atoms with van der Waals surface area (Å²) in [5, 5.41) is 7.71. The second kappa shape index (κ2) is 9.69. The molecule has 0 atom stereocenters. The minimum Gasteiger partial charge on any atom is -0.324 e. The van der Waals surface area contributed by atoms with E-state index in [1.54, 1.807) is 48.5 Å². The Morgan fingerprint density at radius 2 is 1.75 bits per heavy atom. The third-order valence-corrected chi connectivity index (χ3v) is 7.99. The third-order valence-electron chi connectivity index (χ3n) is 6.73. The summed E-state index contributed by atoms with van der Waals surface area (Å²) in [6.45, 7) is 6.21. The molecule has 2 aromatic heterocycles. The number of anilines is 2. The molecule has 1 aliphatic rings. The summed E-state index contributed by atoms with van der Waals surface area (Å²) in [6, 6.07) is 21.9. The predicted octanol–water partition coefficient (Wildman–Crippen LogP) is 4.67. The molecule has 200 valence electrons. The maximum atomic E-state index is 13.7. The average Bonchev–Trinajstić information content (AvgIpc) is 3.54. The lowest BCUT2D eigenvalue weighted by Crippen LogP contribution is -2.37. The first-order valence-electron chi connectivity index (χ1n) is 12.6. The number of nitrogens with one attached hydrogen (secondary N) is 1. The minimum absolute atomic E-state index is 0.0166. The van der Waals surface area contributed by atoms with Crippen molar-refractivity contribution in [1.82, 2.24) is 14.6 Å². The highest BCUT2D eigenvalue weighted by Gasteiger charge is 2.35. The topological polar surface area (TPSA) is 96.7 Å². The molecule has 3 aromatic carbocycles. The Bertz CT molecular complexity index is 1920. The van der Waals surface area contributed by atoms with E-state index in [-0.39, 0.29) is 22.1 Å². The standard InChI is InChI=1S/C30H24ClN5O3S/c1-30(2,3)18-13-11-17(12-14-18)26-33-29-36(34-26)28(39)25(40-29)24-21-9-4-5-10-22(21)35(27(24)38)16-23(37)32-20-8-6-7-19(31)15-20/h4-15H,16H2,1-3H3,(H,32,37)/b25-24-. The number of rotatable bonds is 4. The summed E-state index contributed by atoms with van der Waals surface area (Å²) in [5.74, 6) is -0.376. The van der Waals surface area contributed by atoms with E-state index in [4.69, 9.17) is 11.6 Å². The summed E-state index contributed by atoms with van der Waals surface area (Å²) in [4.78, 5) is 46.4. The van der Waals surface area contributed by atoms with Crippen molar-refractivity contribution in [3.8, 4) is 11.4 Å². The first-order valence-corrected chi connectivity index (χ1v) is 13.8. The van der Waals surface area contributed by atoms with E-state index in [0.29, 0.717) is 32.7 Å². The largest absolute Gasteiger partial charge is 0.324 e. The monoisotopic (exact) mass is 569 g/mol. The Hall–Kier alpha value is -4.34. The van der Waals surface area contributed by atoms with Gasteiger partial charge in [0, 0.05) is 21.8 Å². The number of benzene rings is 3. The number of hydrogen-bond acceptors (Lipinski definition) is 6. The molecule has 10 heteroatoms. The van der Waals surface area contributed by atoms with Crippen molar-refractivity contribution in [2.75, 3.05) is 16.8 Å². The first-order chi connectivity index (χ1) is 19.1. The third kappa shape index (κ3) is 4.57. The van der Waals surface area contributed by atoms with Gasteiger partial charge in [-0.3, -0.25) is 19.3 Å². The summed E-state index contributed by atoms with van der Waals surface area (Å²) in [6.07, 6.45) is 0. The lowest BCUT2D eigenvalue weighted by Gasteiger charge is -2.18. The number of amides is 2. The Kier molecular flexibility index (Phi) is 6.28. The lowest BCUT2D eigenvalue weighted by atomic mass is 9.87. The van der Waals surface area contributed by atoms with Crippen molar-refractivity contribution < 1.29 is 9.59 Å².